The molecule has 1 heterocycles. The number of hydrogen-bond donors (Lipinski definition) is 2. The normalized spacial score (nSPS) is 11.7. The average Bonchev–Trinajstić information content (AvgIpc) is 2.74. The highest BCUT2D eigenvalue weighted by Crippen LogP contribution is 2.09. The predicted molar refractivity (Wildman–Crippen MR) is 65.3 cm³/mol. The summed E-state index contributed by atoms with van der Waals surface area (Å²) in [4.78, 5) is 0. The van der Waals surface area contributed by atoms with Crippen molar-refractivity contribution in [1.29, 1.82) is 0 Å². The molecule has 2 aromatic rings. The van der Waals surface area contributed by atoms with Gasteiger partial charge in [-0.1, -0.05) is 35.0 Å². The molecule has 1 aromatic carbocycles. The van der Waals surface area contributed by atoms with Crippen molar-refractivity contribution in [2.75, 3.05) is 0 Å². The fourth-order valence-corrected chi connectivity index (χ4v) is 1.65. The van der Waals surface area contributed by atoms with Crippen LogP contribution in [0.2, 0.25) is 5.02 Å². The zero-order valence-corrected chi connectivity index (χ0v) is 9.67. The summed E-state index contributed by atoms with van der Waals surface area (Å²) in [6.07, 6.45) is 3.31. The van der Waals surface area contributed by atoms with Gasteiger partial charge < -0.3 is 10.9 Å². The molecule has 0 radical (unpaired) electrons. The first-order valence-corrected chi connectivity index (χ1v) is 5.31. The van der Waals surface area contributed by atoms with E-state index in [4.69, 9.17) is 22.5 Å². The molecule has 2 rings (SSSR count). The highest BCUT2D eigenvalue weighted by Gasteiger charge is 2.02. The van der Waals surface area contributed by atoms with Crippen LogP contribution in [0.4, 0.5) is 0 Å². The Morgan fingerprint density at radius 3 is 3.00 bits per heavy atom. The Bertz CT molecular complexity index is 550. The van der Waals surface area contributed by atoms with Crippen LogP contribution in [0, 0.1) is 0 Å². The molecule has 0 amide bonds. The lowest BCUT2D eigenvalue weighted by Crippen LogP contribution is -2.13. The van der Waals surface area contributed by atoms with Gasteiger partial charge in [-0.25, -0.2) is 0 Å². The fraction of sp³-hybridized carbons (Fsp3) is 0.0909. The van der Waals surface area contributed by atoms with Crippen LogP contribution in [0.15, 0.2) is 41.8 Å². The van der Waals surface area contributed by atoms with E-state index in [-0.39, 0.29) is 5.84 Å². The second-order valence-corrected chi connectivity index (χ2v) is 3.98. The highest BCUT2D eigenvalue weighted by atomic mass is 35.5. The van der Waals surface area contributed by atoms with E-state index in [0.717, 1.165) is 5.56 Å². The number of hydrogen-bond acceptors (Lipinski definition) is 3. The Kier molecular flexibility index (Phi) is 3.30. The zero-order valence-electron chi connectivity index (χ0n) is 8.92. The van der Waals surface area contributed by atoms with Crippen LogP contribution in [0.3, 0.4) is 0 Å². The van der Waals surface area contributed by atoms with Gasteiger partial charge in [0.2, 0.25) is 0 Å². The number of rotatable bonds is 3. The highest BCUT2D eigenvalue weighted by molar-refractivity contribution is 6.30. The number of halogens is 1. The minimum absolute atomic E-state index is 0.0883. The number of oxime groups is 1. The van der Waals surface area contributed by atoms with E-state index >= 15 is 0 Å². The van der Waals surface area contributed by atoms with Crippen LogP contribution in [-0.2, 0) is 6.54 Å². The molecule has 0 fully saturated rings. The van der Waals surface area contributed by atoms with Crippen LogP contribution < -0.4 is 5.73 Å². The van der Waals surface area contributed by atoms with Crippen LogP contribution in [0.25, 0.3) is 0 Å². The minimum atomic E-state index is 0.0883. The van der Waals surface area contributed by atoms with Crippen molar-refractivity contribution in [2.45, 2.75) is 6.54 Å². The van der Waals surface area contributed by atoms with Gasteiger partial charge in [0, 0.05) is 11.8 Å². The van der Waals surface area contributed by atoms with Gasteiger partial charge in [-0.15, -0.1) is 0 Å². The van der Waals surface area contributed by atoms with Gasteiger partial charge in [0.1, 0.15) is 0 Å². The Balaban J connectivity index is 2.22. The Morgan fingerprint density at radius 2 is 2.35 bits per heavy atom. The van der Waals surface area contributed by atoms with Crippen molar-refractivity contribution in [3.8, 4) is 0 Å². The van der Waals surface area contributed by atoms with Crippen LogP contribution >= 0.6 is 11.6 Å². The predicted octanol–water partition coefficient (Wildman–Crippen LogP) is 1.68. The first kappa shape index (κ1) is 11.5. The molecule has 0 bridgehead atoms. The molecule has 0 aliphatic carbocycles. The third kappa shape index (κ3) is 2.76. The molecule has 5 nitrogen and oxygen atoms in total. The molecule has 3 N–H and O–H groups in total. The van der Waals surface area contributed by atoms with Crippen LogP contribution in [-0.4, -0.2) is 20.8 Å². The maximum atomic E-state index is 8.60. The van der Waals surface area contributed by atoms with Gasteiger partial charge in [0.05, 0.1) is 17.8 Å². The van der Waals surface area contributed by atoms with Crippen LogP contribution in [0.1, 0.15) is 11.1 Å². The van der Waals surface area contributed by atoms with Gasteiger partial charge in [0.25, 0.3) is 0 Å². The summed E-state index contributed by atoms with van der Waals surface area (Å²) < 4.78 is 1.72. The quantitative estimate of drug-likeness (QED) is 0.377. The van der Waals surface area contributed by atoms with E-state index < -0.39 is 0 Å². The number of nitrogens with two attached hydrogens (primary N) is 1. The first-order valence-electron chi connectivity index (χ1n) is 4.94. The third-order valence-corrected chi connectivity index (χ3v) is 2.47. The molecular formula is C11H11ClN4O. The molecule has 0 saturated heterocycles. The summed E-state index contributed by atoms with van der Waals surface area (Å²) in [6, 6.07) is 7.39. The topological polar surface area (TPSA) is 76.4 Å². The van der Waals surface area contributed by atoms with E-state index in [1.165, 1.54) is 0 Å². The summed E-state index contributed by atoms with van der Waals surface area (Å²) in [6.45, 7) is 0.583. The summed E-state index contributed by atoms with van der Waals surface area (Å²) >= 11 is 5.78. The second-order valence-electron chi connectivity index (χ2n) is 3.54. The maximum absolute atomic E-state index is 8.60. The van der Waals surface area contributed by atoms with Gasteiger partial charge in [-0.3, -0.25) is 4.68 Å². The molecule has 88 valence electrons. The fourth-order valence-electron chi connectivity index (χ4n) is 1.50. The molecule has 0 spiro atoms. The molecule has 17 heavy (non-hydrogen) atoms. The molecule has 6 heteroatoms. The molecule has 1 aromatic heterocycles. The van der Waals surface area contributed by atoms with Crippen LogP contribution in [0.5, 0.6) is 0 Å². The number of nitrogens with zero attached hydrogens (tertiary/aromatic N) is 3. The summed E-state index contributed by atoms with van der Waals surface area (Å²) in [7, 11) is 0. The molecule has 0 atom stereocenters. The molecular weight excluding hydrogens is 240 g/mol. The van der Waals surface area contributed by atoms with Crippen molar-refractivity contribution < 1.29 is 5.21 Å². The van der Waals surface area contributed by atoms with E-state index in [9.17, 15) is 0 Å². The summed E-state index contributed by atoms with van der Waals surface area (Å²) in [5.74, 6) is 0.0883. The molecule has 0 saturated carbocycles. The smallest absolute Gasteiger partial charge is 0.170 e. The molecule has 0 aliphatic heterocycles. The zero-order chi connectivity index (χ0) is 12.3. The third-order valence-electron chi connectivity index (χ3n) is 2.28. The van der Waals surface area contributed by atoms with E-state index in [1.807, 2.05) is 18.2 Å². The Labute approximate surface area is 103 Å². The SMILES string of the molecule is N/C(=N\O)c1cccc(Cn2cc(Cl)cn2)c1. The van der Waals surface area contributed by atoms with Crippen molar-refractivity contribution in [3.05, 3.63) is 52.8 Å². The number of aromatic nitrogens is 2. The van der Waals surface area contributed by atoms with Crippen molar-refractivity contribution >= 4 is 17.4 Å². The summed E-state index contributed by atoms with van der Waals surface area (Å²) in [5, 5.41) is 16.2. The number of benzene rings is 1. The second kappa shape index (κ2) is 4.88. The minimum Gasteiger partial charge on any atom is -0.409 e. The lowest BCUT2D eigenvalue weighted by Gasteiger charge is -2.04. The average molecular weight is 251 g/mol. The standard InChI is InChI=1S/C11H11ClN4O/c12-10-5-14-16(7-10)6-8-2-1-3-9(4-8)11(13)15-17/h1-5,7,17H,6H2,(H2,13,15). The number of amidine groups is 1. The molecule has 0 aliphatic rings. The Morgan fingerprint density at radius 1 is 1.53 bits per heavy atom. The van der Waals surface area contributed by atoms with Gasteiger partial charge >= 0.3 is 0 Å². The molecule has 0 unspecified atom stereocenters. The Hall–Kier alpha value is -2.01. The lowest BCUT2D eigenvalue weighted by molar-refractivity contribution is 0.318. The monoisotopic (exact) mass is 250 g/mol. The van der Waals surface area contributed by atoms with E-state index in [2.05, 4.69) is 10.3 Å². The van der Waals surface area contributed by atoms with Gasteiger partial charge in [-0.05, 0) is 11.6 Å². The lowest BCUT2D eigenvalue weighted by atomic mass is 10.1. The largest absolute Gasteiger partial charge is 0.409 e. The van der Waals surface area contributed by atoms with Crippen molar-refractivity contribution in [1.82, 2.24) is 9.78 Å². The van der Waals surface area contributed by atoms with Crippen molar-refractivity contribution in [3.63, 3.8) is 0 Å². The van der Waals surface area contributed by atoms with Crippen molar-refractivity contribution in [2.24, 2.45) is 10.9 Å². The van der Waals surface area contributed by atoms with E-state index in [0.29, 0.717) is 17.1 Å². The maximum Gasteiger partial charge on any atom is 0.170 e. The van der Waals surface area contributed by atoms with E-state index in [1.54, 1.807) is 23.1 Å². The first-order chi connectivity index (χ1) is 8.19. The van der Waals surface area contributed by atoms with Gasteiger partial charge in [-0.2, -0.15) is 5.10 Å². The summed E-state index contributed by atoms with van der Waals surface area (Å²) in [5.41, 5.74) is 7.18. The van der Waals surface area contributed by atoms with Gasteiger partial charge in [0.15, 0.2) is 5.84 Å².